The Hall–Kier alpha value is -3.47. The van der Waals surface area contributed by atoms with Gasteiger partial charge in [-0.1, -0.05) is 26.0 Å². The Morgan fingerprint density at radius 1 is 0.974 bits per heavy atom. The van der Waals surface area contributed by atoms with Crippen molar-refractivity contribution in [2.24, 2.45) is 0 Å². The molecule has 0 atom stereocenters. The first-order valence-corrected chi connectivity index (χ1v) is 13.8. The molecule has 0 saturated carbocycles. The summed E-state index contributed by atoms with van der Waals surface area (Å²) in [4.78, 5) is 18.0. The van der Waals surface area contributed by atoms with Crippen LogP contribution in [0.5, 0.6) is 11.5 Å². The molecule has 0 spiro atoms. The normalized spacial score (nSPS) is 16.7. The van der Waals surface area contributed by atoms with E-state index < -0.39 is 0 Å². The van der Waals surface area contributed by atoms with Crippen LogP contribution in [0.15, 0.2) is 36.4 Å². The van der Waals surface area contributed by atoms with Gasteiger partial charge in [0.2, 0.25) is 5.82 Å². The Kier molecular flexibility index (Phi) is 8.44. The van der Waals surface area contributed by atoms with Gasteiger partial charge in [0.1, 0.15) is 11.5 Å². The van der Waals surface area contributed by atoms with Crippen LogP contribution in [0, 0.1) is 0 Å². The highest BCUT2D eigenvalue weighted by Gasteiger charge is 2.25. The van der Waals surface area contributed by atoms with E-state index in [9.17, 15) is 15.0 Å². The molecule has 5 rings (SSSR count). The summed E-state index contributed by atoms with van der Waals surface area (Å²) in [5.74, 6) is 0.0389. The number of ether oxygens (including phenoxy) is 1. The highest BCUT2D eigenvalue weighted by molar-refractivity contribution is 5.92. The number of benzene rings is 2. The Balaban J connectivity index is 1.46. The molecule has 208 valence electrons. The maximum atomic E-state index is 13.3. The van der Waals surface area contributed by atoms with Crippen molar-refractivity contribution in [2.75, 3.05) is 52.5 Å². The second-order valence-electron chi connectivity index (χ2n) is 10.6. The van der Waals surface area contributed by atoms with E-state index in [4.69, 9.17) is 4.74 Å². The molecule has 3 aromatic rings. The van der Waals surface area contributed by atoms with Gasteiger partial charge in [-0.2, -0.15) is 0 Å². The number of carbonyl (C=O) groups is 1. The van der Waals surface area contributed by atoms with E-state index in [0.29, 0.717) is 36.7 Å². The minimum absolute atomic E-state index is 0.0182. The van der Waals surface area contributed by atoms with Gasteiger partial charge < -0.3 is 20.3 Å². The zero-order valence-electron chi connectivity index (χ0n) is 22.8. The maximum absolute atomic E-state index is 13.3. The number of hydrogen-bond acceptors (Lipinski definition) is 8. The lowest BCUT2D eigenvalue weighted by Gasteiger charge is -2.26. The summed E-state index contributed by atoms with van der Waals surface area (Å²) >= 11 is 0. The number of phenolic OH excluding ortho intramolecular Hbond substituents is 2. The van der Waals surface area contributed by atoms with Crippen LogP contribution in [0.4, 0.5) is 0 Å². The third-order valence-corrected chi connectivity index (χ3v) is 7.49. The summed E-state index contributed by atoms with van der Waals surface area (Å²) in [6.45, 7) is 11.3. The molecule has 39 heavy (non-hydrogen) atoms. The number of phenols is 2. The SMILES string of the molecule is CC(C)c1cc(-c2nnc(C(=O)NCCN3CCOCC3)n2-c2ccc(CN3CCCC3)cc2)c(O)cc1O. The number of hydrogen-bond donors (Lipinski definition) is 3. The quantitative estimate of drug-likeness (QED) is 0.384. The van der Waals surface area contributed by atoms with Crippen LogP contribution in [0.1, 0.15) is 54.4 Å². The van der Waals surface area contributed by atoms with Gasteiger partial charge in [0.15, 0.2) is 5.82 Å². The molecule has 10 nitrogen and oxygen atoms in total. The lowest BCUT2D eigenvalue weighted by molar-refractivity contribution is 0.0383. The summed E-state index contributed by atoms with van der Waals surface area (Å²) < 4.78 is 7.08. The topological polar surface area (TPSA) is 116 Å². The summed E-state index contributed by atoms with van der Waals surface area (Å²) in [6, 6.07) is 11.1. The molecule has 2 aromatic carbocycles. The molecule has 0 bridgehead atoms. The highest BCUT2D eigenvalue weighted by Crippen LogP contribution is 2.38. The molecule has 0 aliphatic carbocycles. The zero-order valence-corrected chi connectivity index (χ0v) is 22.8. The smallest absolute Gasteiger partial charge is 0.289 e. The van der Waals surface area contributed by atoms with Crippen LogP contribution >= 0.6 is 0 Å². The van der Waals surface area contributed by atoms with E-state index in [2.05, 4.69) is 37.4 Å². The van der Waals surface area contributed by atoms with Gasteiger partial charge >= 0.3 is 0 Å². The average molecular weight is 535 g/mol. The van der Waals surface area contributed by atoms with E-state index in [1.807, 2.05) is 26.0 Å². The third kappa shape index (κ3) is 6.24. The molecule has 1 amide bonds. The second kappa shape index (κ2) is 12.1. The Bertz CT molecular complexity index is 1280. The third-order valence-electron chi connectivity index (χ3n) is 7.49. The lowest BCUT2D eigenvalue weighted by atomic mass is 9.98. The fraction of sp³-hybridized carbons (Fsp3) is 0.483. The van der Waals surface area contributed by atoms with Crippen molar-refractivity contribution in [3.63, 3.8) is 0 Å². The molecule has 10 heteroatoms. The molecule has 2 aliphatic rings. The standard InChI is InChI=1S/C29H38N6O4/c1-20(2)23-17-24(26(37)18-25(23)36)27-31-32-28(29(38)30-9-12-33-13-15-39-16-14-33)35(27)22-7-5-21(6-8-22)19-34-10-3-4-11-34/h5-8,17-18,20,36-37H,3-4,9-16,19H2,1-2H3,(H,30,38). The molecule has 0 unspecified atom stereocenters. The molecular formula is C29H38N6O4. The van der Waals surface area contributed by atoms with Crippen molar-refractivity contribution in [2.45, 2.75) is 39.2 Å². The number of likely N-dealkylation sites (tertiary alicyclic amines) is 1. The van der Waals surface area contributed by atoms with E-state index in [0.717, 1.165) is 45.0 Å². The van der Waals surface area contributed by atoms with Crippen molar-refractivity contribution < 1.29 is 19.7 Å². The van der Waals surface area contributed by atoms with E-state index in [1.54, 1.807) is 10.6 Å². The van der Waals surface area contributed by atoms with Crippen LogP contribution in [-0.2, 0) is 11.3 Å². The van der Waals surface area contributed by atoms with Gasteiger partial charge in [0.25, 0.3) is 5.91 Å². The van der Waals surface area contributed by atoms with Crippen LogP contribution in [0.25, 0.3) is 17.1 Å². The number of nitrogens with one attached hydrogen (secondary N) is 1. The number of morpholine rings is 1. The molecule has 2 fully saturated rings. The van der Waals surface area contributed by atoms with Crippen molar-refractivity contribution in [3.8, 4) is 28.6 Å². The second-order valence-corrected chi connectivity index (χ2v) is 10.6. The molecule has 3 N–H and O–H groups in total. The number of aromatic nitrogens is 3. The fourth-order valence-corrected chi connectivity index (χ4v) is 5.27. The maximum Gasteiger partial charge on any atom is 0.289 e. The van der Waals surface area contributed by atoms with Gasteiger partial charge in [-0.25, -0.2) is 0 Å². The predicted molar refractivity (Wildman–Crippen MR) is 148 cm³/mol. The number of aromatic hydroxyl groups is 2. The Labute approximate surface area is 229 Å². The molecule has 3 heterocycles. The monoisotopic (exact) mass is 534 g/mol. The van der Waals surface area contributed by atoms with Gasteiger partial charge in [-0.15, -0.1) is 10.2 Å². The molecular weight excluding hydrogens is 496 g/mol. The van der Waals surface area contributed by atoms with E-state index in [-0.39, 0.29) is 29.1 Å². The Morgan fingerprint density at radius 2 is 1.69 bits per heavy atom. The molecule has 2 aliphatic heterocycles. The van der Waals surface area contributed by atoms with Crippen molar-refractivity contribution in [3.05, 3.63) is 53.3 Å². The van der Waals surface area contributed by atoms with Crippen LogP contribution in [0.2, 0.25) is 0 Å². The molecule has 2 saturated heterocycles. The lowest BCUT2D eigenvalue weighted by Crippen LogP contribution is -2.41. The van der Waals surface area contributed by atoms with Crippen molar-refractivity contribution >= 4 is 5.91 Å². The average Bonchev–Trinajstić information content (AvgIpc) is 3.60. The first kappa shape index (κ1) is 27.1. The molecule has 0 radical (unpaired) electrons. The minimum Gasteiger partial charge on any atom is -0.508 e. The first-order chi connectivity index (χ1) is 18.9. The number of carbonyl (C=O) groups excluding carboxylic acids is 1. The van der Waals surface area contributed by atoms with E-state index in [1.165, 1.54) is 24.5 Å². The van der Waals surface area contributed by atoms with Crippen LogP contribution in [0.3, 0.4) is 0 Å². The van der Waals surface area contributed by atoms with Gasteiger partial charge in [0.05, 0.1) is 18.8 Å². The van der Waals surface area contributed by atoms with Crippen LogP contribution < -0.4 is 5.32 Å². The zero-order chi connectivity index (χ0) is 27.4. The summed E-state index contributed by atoms with van der Waals surface area (Å²) in [7, 11) is 0. The summed E-state index contributed by atoms with van der Waals surface area (Å²) in [6.07, 6.45) is 2.47. The largest absolute Gasteiger partial charge is 0.508 e. The first-order valence-electron chi connectivity index (χ1n) is 13.8. The Morgan fingerprint density at radius 3 is 2.38 bits per heavy atom. The van der Waals surface area contributed by atoms with Gasteiger partial charge in [-0.05, 0) is 61.2 Å². The summed E-state index contributed by atoms with van der Waals surface area (Å²) in [5.41, 5.74) is 2.99. The molecule has 1 aromatic heterocycles. The fourth-order valence-electron chi connectivity index (χ4n) is 5.27. The van der Waals surface area contributed by atoms with E-state index >= 15 is 0 Å². The minimum atomic E-state index is -0.342. The van der Waals surface area contributed by atoms with Crippen molar-refractivity contribution in [1.82, 2.24) is 29.9 Å². The van der Waals surface area contributed by atoms with Gasteiger partial charge in [0, 0.05) is 44.5 Å². The van der Waals surface area contributed by atoms with Crippen molar-refractivity contribution in [1.29, 1.82) is 0 Å². The van der Waals surface area contributed by atoms with Crippen LogP contribution in [-0.4, -0.2) is 93.2 Å². The highest BCUT2D eigenvalue weighted by atomic mass is 16.5. The number of rotatable bonds is 9. The number of nitrogens with zero attached hydrogens (tertiary/aromatic N) is 5. The number of amides is 1. The summed E-state index contributed by atoms with van der Waals surface area (Å²) in [5, 5.41) is 32.8. The predicted octanol–water partition coefficient (Wildman–Crippen LogP) is 3.13. The van der Waals surface area contributed by atoms with Gasteiger partial charge in [-0.3, -0.25) is 19.2 Å².